The first-order valence-electron chi connectivity index (χ1n) is 48.1. The molecular weight excluding hydrogens is 1860 g/mol. The molecule has 2 aromatic carbocycles. The molecule has 0 saturated carbocycles. The summed E-state index contributed by atoms with van der Waals surface area (Å²) in [6.07, 6.45) is 18.7. The van der Waals surface area contributed by atoms with Crippen LogP contribution < -0.4 is 0 Å². The smallest absolute Gasteiger partial charge is 0.294 e. The van der Waals surface area contributed by atoms with Crippen molar-refractivity contribution in [1.29, 1.82) is 0 Å². The predicted octanol–water partition coefficient (Wildman–Crippen LogP) is 21.1. The third kappa shape index (κ3) is 36.4. The fraction of sp³-hybridized carbons (Fsp3) is 0.524. The van der Waals surface area contributed by atoms with Crippen LogP contribution in [-0.4, -0.2) is 150 Å². The standard InChI is InChI=1S/C22H30O2.C16H17NO5.C15H21NO5.C14H18N2O8.C13H17NO5.C13H18O2.C12H15NO5/c1-3-4-5-6-7-8-9-10-11-14-18-17(2)21(23)19-15-12-13-16-20(19)22(18)24;1-11-12(7-3-2-6-10-22-17(20)21)16(19)14-9-5-4-8-13(14)15(11)18;1-5-12(21-16(19)20)7-6-8-13-11(4)14(17)9(2)10(3)15(13)18;1-8-9(2)14(18)12(10(3)13(8)17)6-4-5-11(24-16(21)22)7-23-15(19)20;1-5-10(19-14(17)18)6-11-9(4)12(15)7(2)8(3)13(11)16;1-5-6-7-11-10(4)12(14)8(2)9(3)13(11)15;1-7-8(2)12(15)10(9(3)11(7)14)5-4-6-18-13(16)17/h12-13,15-16H,3-11,14H2,1-2H3;4-5,8-9H,2-3,6-7,10H2,1H3;12H,5-8H2,1-4H3;11H,4-7H2,1-3H3;10H,5-6H2,1-4H3;5-7H2,1-4H3;4-6H2,1-3H3. The van der Waals surface area contributed by atoms with Gasteiger partial charge in [0.2, 0.25) is 0 Å². The Labute approximate surface area is 832 Å². The van der Waals surface area contributed by atoms with E-state index >= 15 is 0 Å². The molecule has 0 aliphatic heterocycles. The van der Waals surface area contributed by atoms with E-state index in [-0.39, 0.29) is 120 Å². The van der Waals surface area contributed by atoms with Gasteiger partial charge in [0, 0.05) is 162 Å². The van der Waals surface area contributed by atoms with Gasteiger partial charge >= 0.3 is 0 Å². The number of rotatable bonds is 46. The Kier molecular flexibility index (Phi) is 52.4. The molecule has 0 saturated heterocycles. The highest BCUT2D eigenvalue weighted by Crippen LogP contribution is 2.36. The number of fused-ring (bicyclic) bond motifs is 2. The zero-order chi connectivity index (χ0) is 108. The summed E-state index contributed by atoms with van der Waals surface area (Å²) in [6.45, 7) is 35.3. The first-order valence-corrected chi connectivity index (χ1v) is 48.1. The van der Waals surface area contributed by atoms with E-state index in [1.54, 1.807) is 161 Å². The molecule has 0 amide bonds. The van der Waals surface area contributed by atoms with E-state index in [0.717, 1.165) is 49.7 Å². The molecule has 0 spiro atoms. The minimum Gasteiger partial charge on any atom is -0.314 e. The fourth-order valence-corrected chi connectivity index (χ4v) is 16.5. The van der Waals surface area contributed by atoms with Crippen molar-refractivity contribution in [3.8, 4) is 0 Å². The van der Waals surface area contributed by atoms with E-state index in [4.69, 9.17) is 0 Å². The van der Waals surface area contributed by atoms with Crippen LogP contribution in [-0.2, 0) is 77.0 Å². The van der Waals surface area contributed by atoms with Crippen LogP contribution in [0.5, 0.6) is 0 Å². The second-order valence-electron chi connectivity index (χ2n) is 35.6. The van der Waals surface area contributed by atoms with Gasteiger partial charge in [0.05, 0.1) is 13.2 Å². The number of Topliss-reactive ketones (excluding diaryl/α,β-unsaturated/α-hetero) is 14. The molecule has 7 aliphatic rings. The monoisotopic (exact) mass is 1990 g/mol. The SMILES string of the molecule is CC1=C(C)C(=O)C(CCCC(CO[N+](=O)[O-])O[N+](=O)[O-])=C(C)C1=O.CC1=C(C)C(=O)C(CCCO[N+](=O)[O-])=C(C)C1=O.CC1=C(CCCCCO[N+](=O)[O-])C(=O)c2ccccc2C1=O.CCC(CC1=C(C)C(=O)C(C)=C(C)C1=O)O[N+](=O)[O-].CCC(CCCC1=C(C)C(=O)C(C)=C(C)C1=O)O[N+](=O)[O-].CCCCC1=C(C)C(=O)C(C)=C(C)C1=O.CCCCCCCCCCCC1=C(C)C(=O)c2ccccc2C1=O. The van der Waals surface area contributed by atoms with Crippen LogP contribution >= 0.6 is 0 Å². The van der Waals surface area contributed by atoms with Crippen LogP contribution in [0, 0.1) is 60.7 Å². The van der Waals surface area contributed by atoms with Crippen LogP contribution in [0.25, 0.3) is 0 Å². The average Bonchev–Trinajstić information content (AvgIpc) is 0.749. The number of ketones is 14. The Hall–Kier alpha value is -14.1. The van der Waals surface area contributed by atoms with Gasteiger partial charge in [-0.3, -0.25) is 67.1 Å². The predicted molar refractivity (Wildman–Crippen MR) is 527 cm³/mol. The number of unbranched alkanes of at least 4 members (excludes halogenated alkanes) is 11. The lowest BCUT2D eigenvalue weighted by atomic mass is 9.82. The van der Waals surface area contributed by atoms with Gasteiger partial charge in [0.1, 0.15) is 24.9 Å². The van der Waals surface area contributed by atoms with E-state index in [1.807, 2.05) is 19.1 Å². The Morgan fingerprint density at radius 3 is 0.769 bits per heavy atom. The molecule has 38 nitrogen and oxygen atoms in total. The molecule has 3 unspecified atom stereocenters. The van der Waals surface area contributed by atoms with E-state index in [9.17, 15) is 128 Å². The topological polar surface area (TPSA) is 553 Å². The summed E-state index contributed by atoms with van der Waals surface area (Å²) in [6, 6.07) is 14.0. The van der Waals surface area contributed by atoms with Crippen LogP contribution in [0.3, 0.4) is 0 Å². The summed E-state index contributed by atoms with van der Waals surface area (Å²) in [7, 11) is 0. The van der Waals surface area contributed by atoms with Crippen LogP contribution in [0.15, 0.2) is 182 Å². The molecular formula is C105H136N6O32. The second kappa shape index (κ2) is 60.9. The number of carbonyl (C=O) groups excluding carboxylic acids is 14. The molecule has 38 heteroatoms. The molecule has 0 aromatic heterocycles. The summed E-state index contributed by atoms with van der Waals surface area (Å²) in [4.78, 5) is 257. The highest BCUT2D eigenvalue weighted by Gasteiger charge is 2.36. The van der Waals surface area contributed by atoms with Gasteiger partial charge < -0.3 is 29.0 Å². The molecule has 778 valence electrons. The van der Waals surface area contributed by atoms with Gasteiger partial charge in [-0.2, -0.15) is 0 Å². The largest absolute Gasteiger partial charge is 0.314 e. The van der Waals surface area contributed by atoms with Crippen molar-refractivity contribution in [3.63, 3.8) is 0 Å². The van der Waals surface area contributed by atoms with Crippen molar-refractivity contribution in [2.24, 2.45) is 0 Å². The number of carbonyl (C=O) groups is 14. The lowest BCUT2D eigenvalue weighted by molar-refractivity contribution is -0.790. The summed E-state index contributed by atoms with van der Waals surface area (Å²) in [5.41, 5.74) is 14.0. The molecule has 9 rings (SSSR count). The Balaban J connectivity index is 0.000000431. The summed E-state index contributed by atoms with van der Waals surface area (Å²) >= 11 is 0. The highest BCUT2D eigenvalue weighted by atomic mass is 17.0. The Bertz CT molecular complexity index is 5680. The summed E-state index contributed by atoms with van der Waals surface area (Å²) in [5.74, 6) is -1.27. The number of allylic oxidation sites excluding steroid dienone is 23. The third-order valence-electron chi connectivity index (χ3n) is 26.2. The van der Waals surface area contributed by atoms with Crippen LogP contribution in [0.1, 0.15) is 367 Å². The molecule has 0 N–H and O–H groups in total. The van der Waals surface area contributed by atoms with Crippen molar-refractivity contribution in [3.05, 3.63) is 265 Å². The zero-order valence-corrected chi connectivity index (χ0v) is 86.0. The zero-order valence-electron chi connectivity index (χ0n) is 86.0. The molecule has 7 aliphatic carbocycles. The summed E-state index contributed by atoms with van der Waals surface area (Å²) < 4.78 is 0. The number of benzene rings is 2. The quantitative estimate of drug-likeness (QED) is 0.0257. The molecule has 0 fully saturated rings. The van der Waals surface area contributed by atoms with E-state index in [0.29, 0.717) is 215 Å². The summed E-state index contributed by atoms with van der Waals surface area (Å²) in [5, 5.41) is 55.8. The van der Waals surface area contributed by atoms with E-state index in [1.165, 1.54) is 44.9 Å². The van der Waals surface area contributed by atoms with Gasteiger partial charge in [-0.15, -0.1) is 60.7 Å². The number of hydrogen-bond acceptors (Lipinski definition) is 32. The minimum absolute atomic E-state index is 0.0242. The average molecular weight is 1990 g/mol. The molecule has 3 atom stereocenters. The van der Waals surface area contributed by atoms with Crippen molar-refractivity contribution in [1.82, 2.24) is 0 Å². The Morgan fingerprint density at radius 2 is 0.455 bits per heavy atom. The normalized spacial score (nSPS) is 16.1. The first kappa shape index (κ1) is 123. The minimum atomic E-state index is -1.13. The van der Waals surface area contributed by atoms with Crippen molar-refractivity contribution in [2.45, 2.75) is 343 Å². The maximum absolute atomic E-state index is 12.6. The van der Waals surface area contributed by atoms with Crippen molar-refractivity contribution in [2.75, 3.05) is 19.8 Å². The maximum Gasteiger partial charge on any atom is 0.294 e. The van der Waals surface area contributed by atoms with E-state index < -0.39 is 55.4 Å². The van der Waals surface area contributed by atoms with Crippen LogP contribution in [0.4, 0.5) is 0 Å². The first-order chi connectivity index (χ1) is 67.3. The molecule has 0 heterocycles. The third-order valence-corrected chi connectivity index (χ3v) is 26.2. The number of nitrogens with zero attached hydrogens (tertiary/aromatic N) is 6. The molecule has 0 bridgehead atoms. The molecule has 0 radical (unpaired) electrons. The van der Waals surface area contributed by atoms with Gasteiger partial charge in [0.25, 0.3) is 30.5 Å². The number of hydrogen-bond donors (Lipinski definition) is 0. The second-order valence-corrected chi connectivity index (χ2v) is 35.6. The van der Waals surface area contributed by atoms with Gasteiger partial charge in [-0.25, -0.2) is 0 Å². The Morgan fingerprint density at radius 1 is 0.224 bits per heavy atom. The lowest BCUT2D eigenvalue weighted by Gasteiger charge is -2.21. The maximum atomic E-state index is 12.6. The van der Waals surface area contributed by atoms with E-state index in [2.05, 4.69) is 42.9 Å². The van der Waals surface area contributed by atoms with Crippen LogP contribution in [0.2, 0.25) is 0 Å². The fourth-order valence-electron chi connectivity index (χ4n) is 16.5. The molecule has 2 aromatic rings. The van der Waals surface area contributed by atoms with Gasteiger partial charge in [-0.1, -0.05) is 140 Å². The van der Waals surface area contributed by atoms with Gasteiger partial charge in [-0.05, 0) is 227 Å². The highest BCUT2D eigenvalue weighted by molar-refractivity contribution is 6.30. The van der Waals surface area contributed by atoms with Crippen molar-refractivity contribution >= 4 is 81.0 Å². The van der Waals surface area contributed by atoms with Crippen molar-refractivity contribution < 1.29 is 127 Å². The van der Waals surface area contributed by atoms with Gasteiger partial charge in [0.15, 0.2) is 81.0 Å². The lowest BCUT2D eigenvalue weighted by Crippen LogP contribution is -2.25. The molecule has 143 heavy (non-hydrogen) atoms.